The van der Waals surface area contributed by atoms with Crippen molar-refractivity contribution in [1.29, 1.82) is 0 Å². The Bertz CT molecular complexity index is 276. The highest BCUT2D eigenvalue weighted by atomic mass is 16.7. The molecule has 4 nitrogen and oxygen atoms in total. The van der Waals surface area contributed by atoms with Gasteiger partial charge in [-0.15, -0.1) is 0 Å². The fourth-order valence-corrected chi connectivity index (χ4v) is 4.00. The first-order valence-corrected chi connectivity index (χ1v) is 8.07. The zero-order valence-corrected chi connectivity index (χ0v) is 12.2. The molecule has 1 N–H and O–H groups in total. The van der Waals surface area contributed by atoms with E-state index in [0.29, 0.717) is 0 Å². The molecule has 3 aliphatic rings. The van der Waals surface area contributed by atoms with Gasteiger partial charge in [0.25, 0.3) is 0 Å². The van der Waals surface area contributed by atoms with Crippen LogP contribution in [-0.2, 0) is 9.47 Å². The van der Waals surface area contributed by atoms with Crippen LogP contribution in [-0.4, -0.2) is 55.6 Å². The molecule has 3 rings (SSSR count). The molecule has 0 aromatic rings. The van der Waals surface area contributed by atoms with Crippen LogP contribution in [0.4, 0.5) is 0 Å². The molecule has 0 aromatic heterocycles. The first-order valence-electron chi connectivity index (χ1n) is 8.07. The molecular formula is C15H28N2O2. The van der Waals surface area contributed by atoms with Gasteiger partial charge in [0.2, 0.25) is 0 Å². The molecule has 1 unspecified atom stereocenters. The van der Waals surface area contributed by atoms with Crippen molar-refractivity contribution < 1.29 is 9.47 Å². The molecule has 0 radical (unpaired) electrons. The van der Waals surface area contributed by atoms with Crippen molar-refractivity contribution >= 4 is 0 Å². The van der Waals surface area contributed by atoms with Gasteiger partial charge in [-0.3, -0.25) is 4.90 Å². The summed E-state index contributed by atoms with van der Waals surface area (Å²) >= 11 is 0. The van der Waals surface area contributed by atoms with Crippen LogP contribution in [0, 0.1) is 0 Å². The Morgan fingerprint density at radius 3 is 2.42 bits per heavy atom. The summed E-state index contributed by atoms with van der Waals surface area (Å²) < 4.78 is 11.7. The van der Waals surface area contributed by atoms with Crippen LogP contribution >= 0.6 is 0 Å². The molecule has 19 heavy (non-hydrogen) atoms. The fourth-order valence-electron chi connectivity index (χ4n) is 4.00. The van der Waals surface area contributed by atoms with E-state index in [1.807, 2.05) is 0 Å². The first-order chi connectivity index (χ1) is 9.33. The van der Waals surface area contributed by atoms with Crippen molar-refractivity contribution in [2.45, 2.75) is 63.3 Å². The molecule has 0 bridgehead atoms. The average Bonchev–Trinajstić information content (AvgIpc) is 3.09. The number of hydrogen-bond donors (Lipinski definition) is 1. The summed E-state index contributed by atoms with van der Waals surface area (Å²) in [4.78, 5) is 2.77. The Hall–Kier alpha value is -0.160. The van der Waals surface area contributed by atoms with Crippen LogP contribution < -0.4 is 5.32 Å². The van der Waals surface area contributed by atoms with E-state index in [9.17, 15) is 0 Å². The quantitative estimate of drug-likeness (QED) is 0.842. The Balaban J connectivity index is 1.58. The second kappa shape index (κ2) is 6.08. The predicted octanol–water partition coefficient (Wildman–Crippen LogP) is 1.75. The molecule has 1 aliphatic carbocycles. The van der Waals surface area contributed by atoms with E-state index in [1.54, 1.807) is 0 Å². The average molecular weight is 268 g/mol. The van der Waals surface area contributed by atoms with Gasteiger partial charge >= 0.3 is 0 Å². The maximum Gasteiger partial charge on any atom is 0.168 e. The van der Waals surface area contributed by atoms with Crippen molar-refractivity contribution in [3.05, 3.63) is 0 Å². The van der Waals surface area contributed by atoms with E-state index in [4.69, 9.17) is 9.47 Å². The number of rotatable bonds is 4. The zero-order chi connectivity index (χ0) is 13.1. The van der Waals surface area contributed by atoms with Crippen molar-refractivity contribution in [2.75, 3.05) is 32.8 Å². The molecule has 2 saturated heterocycles. The lowest BCUT2D eigenvalue weighted by Crippen LogP contribution is -2.49. The van der Waals surface area contributed by atoms with Gasteiger partial charge in [0, 0.05) is 31.5 Å². The number of nitrogens with zero attached hydrogens (tertiary/aromatic N) is 1. The minimum Gasteiger partial charge on any atom is -0.348 e. The molecule has 0 aromatic carbocycles. The molecular weight excluding hydrogens is 240 g/mol. The highest BCUT2D eigenvalue weighted by molar-refractivity contribution is 4.91. The minimum atomic E-state index is -0.206. The van der Waals surface area contributed by atoms with Crippen LogP contribution in [0.3, 0.4) is 0 Å². The summed E-state index contributed by atoms with van der Waals surface area (Å²) in [6.07, 6.45) is 7.20. The van der Waals surface area contributed by atoms with Gasteiger partial charge < -0.3 is 14.8 Å². The van der Waals surface area contributed by atoms with E-state index < -0.39 is 0 Å². The van der Waals surface area contributed by atoms with Crippen molar-refractivity contribution in [3.8, 4) is 0 Å². The molecule has 1 atom stereocenters. The Morgan fingerprint density at radius 1 is 1.11 bits per heavy atom. The third-order valence-corrected chi connectivity index (χ3v) is 4.98. The predicted molar refractivity (Wildman–Crippen MR) is 75.2 cm³/mol. The van der Waals surface area contributed by atoms with Gasteiger partial charge in [-0.25, -0.2) is 0 Å². The lowest BCUT2D eigenvalue weighted by atomic mass is 9.88. The van der Waals surface area contributed by atoms with Crippen LogP contribution in [0.25, 0.3) is 0 Å². The van der Waals surface area contributed by atoms with Gasteiger partial charge in [0.05, 0.1) is 13.2 Å². The maximum absolute atomic E-state index is 5.84. The van der Waals surface area contributed by atoms with Gasteiger partial charge in [-0.2, -0.15) is 0 Å². The minimum absolute atomic E-state index is 0.206. The summed E-state index contributed by atoms with van der Waals surface area (Å²) in [5.41, 5.74) is 0. The van der Waals surface area contributed by atoms with Gasteiger partial charge in [-0.1, -0.05) is 6.92 Å². The first kappa shape index (κ1) is 13.8. The molecule has 3 fully saturated rings. The topological polar surface area (TPSA) is 33.7 Å². The SMILES string of the molecule is CCCN(C1CCC2(CC1)OCCO2)C1CCNC1. The Morgan fingerprint density at radius 2 is 1.84 bits per heavy atom. The normalized spacial score (nSPS) is 31.6. The van der Waals surface area contributed by atoms with Crippen LogP contribution in [0.5, 0.6) is 0 Å². The van der Waals surface area contributed by atoms with Crippen LogP contribution in [0.1, 0.15) is 45.4 Å². The second-order valence-electron chi connectivity index (χ2n) is 6.22. The number of nitrogens with one attached hydrogen (secondary N) is 1. The van der Waals surface area contributed by atoms with E-state index in [2.05, 4.69) is 17.1 Å². The standard InChI is InChI=1S/C15H28N2O2/c1-2-9-17(14-5-8-16-12-14)13-3-6-15(7-4-13)18-10-11-19-15/h13-14,16H,2-12H2,1H3. The maximum atomic E-state index is 5.84. The van der Waals surface area contributed by atoms with E-state index in [1.165, 1.54) is 45.3 Å². The molecule has 2 heterocycles. The molecule has 4 heteroatoms. The van der Waals surface area contributed by atoms with E-state index >= 15 is 0 Å². The van der Waals surface area contributed by atoms with E-state index in [0.717, 1.165) is 38.1 Å². The van der Waals surface area contributed by atoms with Crippen molar-refractivity contribution in [3.63, 3.8) is 0 Å². The summed E-state index contributed by atoms with van der Waals surface area (Å²) in [6.45, 7) is 7.47. The molecule has 1 saturated carbocycles. The number of ether oxygens (including phenoxy) is 2. The highest BCUT2D eigenvalue weighted by Gasteiger charge is 2.42. The van der Waals surface area contributed by atoms with Gasteiger partial charge in [-0.05, 0) is 38.8 Å². The summed E-state index contributed by atoms with van der Waals surface area (Å²) in [5, 5.41) is 3.51. The summed E-state index contributed by atoms with van der Waals surface area (Å²) in [7, 11) is 0. The largest absolute Gasteiger partial charge is 0.348 e. The summed E-state index contributed by atoms with van der Waals surface area (Å²) in [5.74, 6) is -0.206. The summed E-state index contributed by atoms with van der Waals surface area (Å²) in [6, 6.07) is 1.49. The lowest BCUT2D eigenvalue weighted by molar-refractivity contribution is -0.184. The second-order valence-corrected chi connectivity index (χ2v) is 6.22. The Kier molecular flexibility index (Phi) is 4.42. The zero-order valence-electron chi connectivity index (χ0n) is 12.2. The third-order valence-electron chi connectivity index (χ3n) is 4.98. The van der Waals surface area contributed by atoms with Crippen LogP contribution in [0.15, 0.2) is 0 Å². The van der Waals surface area contributed by atoms with Crippen LogP contribution in [0.2, 0.25) is 0 Å². The lowest BCUT2D eigenvalue weighted by Gasteiger charge is -2.42. The van der Waals surface area contributed by atoms with Crippen molar-refractivity contribution in [2.24, 2.45) is 0 Å². The van der Waals surface area contributed by atoms with Crippen molar-refractivity contribution in [1.82, 2.24) is 10.2 Å². The van der Waals surface area contributed by atoms with E-state index in [-0.39, 0.29) is 5.79 Å². The molecule has 110 valence electrons. The highest BCUT2D eigenvalue weighted by Crippen LogP contribution is 2.38. The van der Waals surface area contributed by atoms with Gasteiger partial charge in [0.1, 0.15) is 0 Å². The monoisotopic (exact) mass is 268 g/mol. The number of hydrogen-bond acceptors (Lipinski definition) is 4. The fraction of sp³-hybridized carbons (Fsp3) is 1.00. The molecule has 2 aliphatic heterocycles. The smallest absolute Gasteiger partial charge is 0.168 e. The Labute approximate surface area is 116 Å². The van der Waals surface area contributed by atoms with Gasteiger partial charge in [0.15, 0.2) is 5.79 Å². The third kappa shape index (κ3) is 2.97. The molecule has 1 spiro atoms. The molecule has 0 amide bonds.